The van der Waals surface area contributed by atoms with E-state index in [-0.39, 0.29) is 11.9 Å². The molecule has 0 aromatic heterocycles. The third kappa shape index (κ3) is 5.43. The van der Waals surface area contributed by atoms with Crippen LogP contribution in [0.5, 0.6) is 0 Å². The Balaban J connectivity index is 1.20. The monoisotopic (exact) mass is 378 g/mol. The zero-order chi connectivity index (χ0) is 19.2. The van der Waals surface area contributed by atoms with Gasteiger partial charge in [0.05, 0.1) is 25.3 Å². The predicted molar refractivity (Wildman–Crippen MR) is 111 cm³/mol. The Kier molecular flexibility index (Phi) is 6.40. The van der Waals surface area contributed by atoms with Gasteiger partial charge in [-0.15, -0.1) is 0 Å². The molecule has 28 heavy (non-hydrogen) atoms. The molecule has 0 spiro atoms. The zero-order valence-electron chi connectivity index (χ0n) is 16.4. The number of ether oxygens (including phenoxy) is 1. The van der Waals surface area contributed by atoms with E-state index in [2.05, 4.69) is 46.6 Å². The Bertz CT molecular complexity index is 738. The van der Waals surface area contributed by atoms with E-state index in [0.29, 0.717) is 25.2 Å². The molecule has 2 aromatic carbocycles. The summed E-state index contributed by atoms with van der Waals surface area (Å²) in [6.45, 7) is 3.01. The number of likely N-dealkylation sites (tertiary alicyclic amines) is 1. The van der Waals surface area contributed by atoms with E-state index >= 15 is 0 Å². The van der Waals surface area contributed by atoms with Crippen molar-refractivity contribution in [1.82, 2.24) is 10.2 Å². The van der Waals surface area contributed by atoms with Gasteiger partial charge in [0.15, 0.2) is 0 Å². The number of nitrogens with one attached hydrogen (secondary N) is 1. The molecule has 4 heteroatoms. The first-order chi connectivity index (χ1) is 13.8. The van der Waals surface area contributed by atoms with Gasteiger partial charge in [0.1, 0.15) is 0 Å². The minimum atomic E-state index is 0.143. The molecule has 2 aromatic rings. The molecular weight excluding hydrogens is 348 g/mol. The summed E-state index contributed by atoms with van der Waals surface area (Å²) in [4.78, 5) is 14.9. The highest BCUT2D eigenvalue weighted by molar-refractivity contribution is 5.78. The number of piperidine rings is 1. The van der Waals surface area contributed by atoms with Gasteiger partial charge in [0.25, 0.3) is 0 Å². The largest absolute Gasteiger partial charge is 0.373 e. The van der Waals surface area contributed by atoms with Crippen LogP contribution in [0.2, 0.25) is 0 Å². The van der Waals surface area contributed by atoms with Crippen LogP contribution in [0.25, 0.3) is 0 Å². The molecule has 1 saturated heterocycles. The van der Waals surface area contributed by atoms with Crippen LogP contribution in [-0.4, -0.2) is 36.5 Å². The molecule has 4 nitrogen and oxygen atoms in total. The van der Waals surface area contributed by atoms with Crippen molar-refractivity contribution in [3.63, 3.8) is 0 Å². The van der Waals surface area contributed by atoms with E-state index < -0.39 is 0 Å². The van der Waals surface area contributed by atoms with Crippen LogP contribution >= 0.6 is 0 Å². The van der Waals surface area contributed by atoms with Gasteiger partial charge in [0, 0.05) is 13.1 Å². The second kappa shape index (κ2) is 9.35. The molecule has 4 rings (SSSR count). The van der Waals surface area contributed by atoms with Crippen molar-refractivity contribution in [3.8, 4) is 0 Å². The summed E-state index contributed by atoms with van der Waals surface area (Å²) in [6, 6.07) is 20.9. The van der Waals surface area contributed by atoms with E-state index in [0.717, 1.165) is 25.9 Å². The van der Waals surface area contributed by atoms with Gasteiger partial charge in [0.2, 0.25) is 5.91 Å². The molecule has 0 radical (unpaired) electrons. The number of carbonyl (C=O) groups excluding carboxylic acids is 1. The van der Waals surface area contributed by atoms with Gasteiger partial charge >= 0.3 is 0 Å². The third-order valence-corrected chi connectivity index (χ3v) is 5.80. The van der Waals surface area contributed by atoms with Gasteiger partial charge in [-0.3, -0.25) is 9.69 Å². The molecule has 0 bridgehead atoms. The van der Waals surface area contributed by atoms with Gasteiger partial charge < -0.3 is 10.1 Å². The Labute approximate surface area is 167 Å². The first-order valence-electron chi connectivity index (χ1n) is 10.5. The summed E-state index contributed by atoms with van der Waals surface area (Å²) in [5.74, 6) is 0.743. The summed E-state index contributed by atoms with van der Waals surface area (Å²) in [6.07, 6.45) is 4.70. The highest BCUT2D eigenvalue weighted by Gasteiger charge is 2.33. The number of benzene rings is 2. The number of nitrogens with zero attached hydrogens (tertiary/aromatic N) is 1. The van der Waals surface area contributed by atoms with E-state index in [1.54, 1.807) is 0 Å². The maximum Gasteiger partial charge on any atom is 0.234 e. The van der Waals surface area contributed by atoms with Crippen LogP contribution in [0.1, 0.15) is 42.9 Å². The van der Waals surface area contributed by atoms with Crippen molar-refractivity contribution in [2.24, 2.45) is 5.92 Å². The van der Waals surface area contributed by atoms with Gasteiger partial charge in [-0.05, 0) is 42.7 Å². The molecular formula is C24H30N2O2. The Morgan fingerprint density at radius 3 is 2.25 bits per heavy atom. The number of rotatable bonds is 8. The van der Waals surface area contributed by atoms with Crippen LogP contribution < -0.4 is 5.32 Å². The van der Waals surface area contributed by atoms with Crippen molar-refractivity contribution in [3.05, 3.63) is 71.8 Å². The number of hydrogen-bond acceptors (Lipinski definition) is 3. The lowest BCUT2D eigenvalue weighted by Gasteiger charge is -2.32. The molecule has 1 heterocycles. The van der Waals surface area contributed by atoms with Crippen molar-refractivity contribution in [1.29, 1.82) is 0 Å². The Morgan fingerprint density at radius 1 is 0.964 bits per heavy atom. The van der Waals surface area contributed by atoms with Crippen LogP contribution in [0.15, 0.2) is 60.7 Å². The Morgan fingerprint density at radius 2 is 1.61 bits per heavy atom. The fourth-order valence-electron chi connectivity index (χ4n) is 4.01. The molecule has 1 N–H and O–H groups in total. The smallest absolute Gasteiger partial charge is 0.234 e. The third-order valence-electron chi connectivity index (χ3n) is 5.80. The molecule has 2 fully saturated rings. The highest BCUT2D eigenvalue weighted by Crippen LogP contribution is 2.40. The maximum atomic E-state index is 12.6. The van der Waals surface area contributed by atoms with Crippen LogP contribution in [0.3, 0.4) is 0 Å². The predicted octanol–water partition coefficient (Wildman–Crippen LogP) is 3.94. The van der Waals surface area contributed by atoms with Crippen LogP contribution in [-0.2, 0) is 16.1 Å². The fraction of sp³-hybridized carbons (Fsp3) is 0.458. The van der Waals surface area contributed by atoms with Crippen molar-refractivity contribution < 1.29 is 9.53 Å². The maximum absolute atomic E-state index is 12.6. The second-order valence-corrected chi connectivity index (χ2v) is 8.07. The molecule has 1 aliphatic heterocycles. The lowest BCUT2D eigenvalue weighted by Crippen LogP contribution is -2.44. The standard InChI is InChI=1S/C24H30N2O2/c27-23(25-24(21-11-12-21)20-9-5-2-6-10-20)17-26-15-13-22(14-16-26)28-18-19-7-3-1-4-8-19/h1-10,21-22,24H,11-18H2,(H,25,27). The van der Waals surface area contributed by atoms with Crippen molar-refractivity contribution >= 4 is 5.91 Å². The topological polar surface area (TPSA) is 41.6 Å². The van der Waals surface area contributed by atoms with Crippen LogP contribution in [0.4, 0.5) is 0 Å². The van der Waals surface area contributed by atoms with E-state index in [4.69, 9.17) is 4.74 Å². The van der Waals surface area contributed by atoms with Crippen molar-refractivity contribution in [2.75, 3.05) is 19.6 Å². The lowest BCUT2D eigenvalue weighted by molar-refractivity contribution is -0.124. The minimum absolute atomic E-state index is 0.143. The number of carbonyl (C=O) groups is 1. The second-order valence-electron chi connectivity index (χ2n) is 8.07. The van der Waals surface area contributed by atoms with E-state index in [9.17, 15) is 4.79 Å². The lowest BCUT2D eigenvalue weighted by atomic mass is 10.0. The summed E-state index contributed by atoms with van der Waals surface area (Å²) >= 11 is 0. The quantitative estimate of drug-likeness (QED) is 0.757. The van der Waals surface area contributed by atoms with Gasteiger partial charge in [-0.25, -0.2) is 0 Å². The summed E-state index contributed by atoms with van der Waals surface area (Å²) in [7, 11) is 0. The van der Waals surface area contributed by atoms with Gasteiger partial charge in [-0.2, -0.15) is 0 Å². The normalized spacial score (nSPS) is 19.3. The summed E-state index contributed by atoms with van der Waals surface area (Å²) < 4.78 is 6.06. The summed E-state index contributed by atoms with van der Waals surface area (Å²) in [5, 5.41) is 3.29. The first-order valence-corrected chi connectivity index (χ1v) is 10.5. The van der Waals surface area contributed by atoms with Crippen molar-refractivity contribution in [2.45, 2.75) is 44.4 Å². The van der Waals surface area contributed by atoms with Crippen LogP contribution in [0, 0.1) is 5.92 Å². The molecule has 1 amide bonds. The molecule has 1 atom stereocenters. The minimum Gasteiger partial charge on any atom is -0.373 e. The van der Waals surface area contributed by atoms with Gasteiger partial charge in [-0.1, -0.05) is 60.7 Å². The molecule has 1 unspecified atom stereocenters. The average molecular weight is 379 g/mol. The molecule has 148 valence electrons. The fourth-order valence-corrected chi connectivity index (χ4v) is 4.01. The zero-order valence-corrected chi connectivity index (χ0v) is 16.4. The highest BCUT2D eigenvalue weighted by atomic mass is 16.5. The number of amides is 1. The van der Waals surface area contributed by atoms with E-state index in [1.165, 1.54) is 24.0 Å². The molecule has 1 aliphatic carbocycles. The molecule has 1 saturated carbocycles. The first kappa shape index (κ1) is 19.2. The SMILES string of the molecule is O=C(CN1CCC(OCc2ccccc2)CC1)NC(c1ccccc1)C1CC1. The Hall–Kier alpha value is -2.17. The number of hydrogen-bond donors (Lipinski definition) is 1. The summed E-state index contributed by atoms with van der Waals surface area (Å²) in [5.41, 5.74) is 2.45. The molecule has 2 aliphatic rings. The average Bonchev–Trinajstić information content (AvgIpc) is 3.58. The van der Waals surface area contributed by atoms with E-state index in [1.807, 2.05) is 24.3 Å².